The van der Waals surface area contributed by atoms with Crippen molar-refractivity contribution in [2.45, 2.75) is 33.6 Å². The molecule has 1 unspecified atom stereocenters. The Morgan fingerprint density at radius 1 is 1.50 bits per heavy atom. The Bertz CT molecular complexity index is 161. The highest BCUT2D eigenvalue weighted by molar-refractivity contribution is 5.72. The van der Waals surface area contributed by atoms with E-state index >= 15 is 0 Å². The zero-order chi connectivity index (χ0) is 9.56. The Morgan fingerprint density at radius 2 is 2.08 bits per heavy atom. The van der Waals surface area contributed by atoms with Gasteiger partial charge in [-0.3, -0.25) is 4.79 Å². The zero-order valence-corrected chi connectivity index (χ0v) is 8.22. The molecule has 0 aliphatic rings. The molecule has 70 valence electrons. The molecule has 12 heavy (non-hydrogen) atoms. The first kappa shape index (κ1) is 11.2. The van der Waals surface area contributed by atoms with E-state index < -0.39 is 0 Å². The second-order valence-electron chi connectivity index (χ2n) is 3.02. The number of rotatable bonds is 5. The number of allylic oxidation sites excluding steroid dienone is 1. The van der Waals surface area contributed by atoms with Gasteiger partial charge in [-0.2, -0.15) is 0 Å². The molecule has 0 heterocycles. The highest BCUT2D eigenvalue weighted by Gasteiger charge is 2.16. The van der Waals surface area contributed by atoms with Gasteiger partial charge in [-0.05, 0) is 26.7 Å². The lowest BCUT2D eigenvalue weighted by Crippen LogP contribution is -2.17. The van der Waals surface area contributed by atoms with Crippen molar-refractivity contribution in [2.24, 2.45) is 5.92 Å². The summed E-state index contributed by atoms with van der Waals surface area (Å²) in [7, 11) is 0. The summed E-state index contributed by atoms with van der Waals surface area (Å²) in [6, 6.07) is 0. The van der Waals surface area contributed by atoms with Gasteiger partial charge in [0.25, 0.3) is 0 Å². The second-order valence-corrected chi connectivity index (χ2v) is 3.02. The molecular weight excluding hydrogens is 152 g/mol. The second kappa shape index (κ2) is 5.81. The van der Waals surface area contributed by atoms with Crippen molar-refractivity contribution in [3.63, 3.8) is 0 Å². The molecule has 0 bridgehead atoms. The minimum atomic E-state index is -0.0944. The van der Waals surface area contributed by atoms with Crippen molar-refractivity contribution in [3.05, 3.63) is 12.2 Å². The molecule has 0 saturated heterocycles. The molecule has 0 radical (unpaired) electrons. The largest absolute Gasteiger partial charge is 0.466 e. The van der Waals surface area contributed by atoms with E-state index in [0.717, 1.165) is 18.4 Å². The van der Waals surface area contributed by atoms with Crippen LogP contribution in [-0.4, -0.2) is 12.6 Å². The van der Waals surface area contributed by atoms with E-state index in [9.17, 15) is 4.79 Å². The minimum absolute atomic E-state index is 0.00227. The first-order valence-corrected chi connectivity index (χ1v) is 4.42. The van der Waals surface area contributed by atoms with Crippen LogP contribution in [-0.2, 0) is 9.53 Å². The van der Waals surface area contributed by atoms with Crippen LogP contribution in [0.15, 0.2) is 12.2 Å². The maximum atomic E-state index is 11.2. The molecule has 0 aliphatic heterocycles. The Kier molecular flexibility index (Phi) is 5.43. The first-order valence-electron chi connectivity index (χ1n) is 4.42. The molecule has 0 amide bonds. The summed E-state index contributed by atoms with van der Waals surface area (Å²) in [6.45, 7) is 9.99. The molecule has 0 aromatic heterocycles. The molecule has 0 rings (SSSR count). The van der Waals surface area contributed by atoms with E-state index in [1.54, 1.807) is 0 Å². The maximum Gasteiger partial charge on any atom is 0.309 e. The molecule has 0 N–H and O–H groups in total. The van der Waals surface area contributed by atoms with Crippen LogP contribution in [0.3, 0.4) is 0 Å². The lowest BCUT2D eigenvalue weighted by Gasteiger charge is -2.12. The summed E-state index contributed by atoms with van der Waals surface area (Å²) in [4.78, 5) is 11.2. The van der Waals surface area contributed by atoms with Crippen molar-refractivity contribution in [1.29, 1.82) is 0 Å². The monoisotopic (exact) mass is 170 g/mol. The fourth-order valence-corrected chi connectivity index (χ4v) is 1.08. The van der Waals surface area contributed by atoms with Crippen LogP contribution < -0.4 is 0 Å². The topological polar surface area (TPSA) is 26.3 Å². The van der Waals surface area contributed by atoms with Crippen molar-refractivity contribution in [1.82, 2.24) is 0 Å². The van der Waals surface area contributed by atoms with E-state index in [1.165, 1.54) is 0 Å². The highest BCUT2D eigenvalue weighted by Crippen LogP contribution is 2.15. The molecule has 0 fully saturated rings. The van der Waals surface area contributed by atoms with Gasteiger partial charge in [0.05, 0.1) is 12.5 Å². The summed E-state index contributed by atoms with van der Waals surface area (Å²) < 4.78 is 4.92. The first-order chi connectivity index (χ1) is 5.61. The average Bonchev–Trinajstić information content (AvgIpc) is 2.00. The van der Waals surface area contributed by atoms with Gasteiger partial charge in [-0.25, -0.2) is 0 Å². The fourth-order valence-electron chi connectivity index (χ4n) is 1.08. The van der Waals surface area contributed by atoms with Gasteiger partial charge in [-0.15, -0.1) is 6.58 Å². The lowest BCUT2D eigenvalue weighted by molar-refractivity contribution is -0.148. The number of hydrogen-bond donors (Lipinski definition) is 0. The Labute approximate surface area is 74.6 Å². The molecule has 0 spiro atoms. The van der Waals surface area contributed by atoms with Gasteiger partial charge < -0.3 is 4.74 Å². The standard InChI is InChI=1S/C10H18O2/c1-5-9(7-8(3)4)10(11)12-6-2/h9H,3,5-7H2,1-2,4H3. The highest BCUT2D eigenvalue weighted by atomic mass is 16.5. The molecule has 2 nitrogen and oxygen atoms in total. The van der Waals surface area contributed by atoms with E-state index in [4.69, 9.17) is 4.74 Å². The molecular formula is C10H18O2. The van der Waals surface area contributed by atoms with Crippen LogP contribution in [0.2, 0.25) is 0 Å². The van der Waals surface area contributed by atoms with Crippen LogP contribution in [0.4, 0.5) is 0 Å². The summed E-state index contributed by atoms with van der Waals surface area (Å²) in [5, 5.41) is 0. The van der Waals surface area contributed by atoms with E-state index in [-0.39, 0.29) is 11.9 Å². The minimum Gasteiger partial charge on any atom is -0.466 e. The van der Waals surface area contributed by atoms with Crippen LogP contribution in [0.5, 0.6) is 0 Å². The third-order valence-electron chi connectivity index (χ3n) is 1.71. The van der Waals surface area contributed by atoms with E-state index in [0.29, 0.717) is 6.61 Å². The van der Waals surface area contributed by atoms with Crippen molar-refractivity contribution < 1.29 is 9.53 Å². The van der Waals surface area contributed by atoms with Crippen LogP contribution in [0.1, 0.15) is 33.6 Å². The number of hydrogen-bond acceptors (Lipinski definition) is 2. The number of carbonyl (C=O) groups is 1. The van der Waals surface area contributed by atoms with Crippen LogP contribution >= 0.6 is 0 Å². The van der Waals surface area contributed by atoms with Gasteiger partial charge in [0.15, 0.2) is 0 Å². The summed E-state index contributed by atoms with van der Waals surface area (Å²) >= 11 is 0. The van der Waals surface area contributed by atoms with E-state index in [1.807, 2.05) is 20.8 Å². The van der Waals surface area contributed by atoms with Crippen LogP contribution in [0.25, 0.3) is 0 Å². The smallest absolute Gasteiger partial charge is 0.309 e. The molecule has 0 saturated carbocycles. The SMILES string of the molecule is C=C(C)CC(CC)C(=O)OCC. The molecule has 0 aromatic carbocycles. The van der Waals surface area contributed by atoms with Crippen molar-refractivity contribution in [3.8, 4) is 0 Å². The van der Waals surface area contributed by atoms with Gasteiger partial charge in [0.1, 0.15) is 0 Å². The quantitative estimate of drug-likeness (QED) is 0.468. The number of esters is 1. The molecule has 0 aromatic rings. The predicted molar refractivity (Wildman–Crippen MR) is 49.8 cm³/mol. The fraction of sp³-hybridized carbons (Fsp3) is 0.700. The van der Waals surface area contributed by atoms with Gasteiger partial charge in [0.2, 0.25) is 0 Å². The normalized spacial score (nSPS) is 12.2. The Balaban J connectivity index is 3.96. The molecule has 0 aliphatic carbocycles. The number of ether oxygens (including phenoxy) is 1. The van der Waals surface area contributed by atoms with Gasteiger partial charge >= 0.3 is 5.97 Å². The van der Waals surface area contributed by atoms with Crippen molar-refractivity contribution >= 4 is 5.97 Å². The summed E-state index contributed by atoms with van der Waals surface area (Å²) in [5.41, 5.74) is 1.04. The van der Waals surface area contributed by atoms with Gasteiger partial charge in [-0.1, -0.05) is 12.5 Å². The molecule has 1 atom stereocenters. The van der Waals surface area contributed by atoms with Gasteiger partial charge in [0, 0.05) is 0 Å². The average molecular weight is 170 g/mol. The Hall–Kier alpha value is -0.790. The van der Waals surface area contributed by atoms with Crippen LogP contribution in [0, 0.1) is 5.92 Å². The van der Waals surface area contributed by atoms with E-state index in [2.05, 4.69) is 6.58 Å². The third-order valence-corrected chi connectivity index (χ3v) is 1.71. The Morgan fingerprint density at radius 3 is 2.42 bits per heavy atom. The summed E-state index contributed by atoms with van der Waals surface area (Å²) in [6.07, 6.45) is 1.57. The maximum absolute atomic E-state index is 11.2. The zero-order valence-electron chi connectivity index (χ0n) is 8.22. The molecule has 2 heteroatoms. The number of carbonyl (C=O) groups excluding carboxylic acids is 1. The summed E-state index contributed by atoms with van der Waals surface area (Å²) in [5.74, 6) is -0.0922. The third kappa shape index (κ3) is 4.16. The van der Waals surface area contributed by atoms with Crippen molar-refractivity contribution in [2.75, 3.05) is 6.61 Å². The lowest BCUT2D eigenvalue weighted by atomic mass is 9.99. The predicted octanol–water partition coefficient (Wildman–Crippen LogP) is 2.54.